The Morgan fingerprint density at radius 1 is 0.465 bits per heavy atom. The van der Waals surface area contributed by atoms with E-state index in [1.54, 1.807) is 12.4 Å². The third-order valence-corrected chi connectivity index (χ3v) is 7.30. The molecule has 0 unspecified atom stereocenters. The van der Waals surface area contributed by atoms with E-state index in [0.717, 1.165) is 50.8 Å². The zero-order valence-corrected chi connectivity index (χ0v) is 23.8. The second-order valence-electron chi connectivity index (χ2n) is 10.3. The first-order chi connectivity index (χ1) is 21.1. The summed E-state index contributed by atoms with van der Waals surface area (Å²) in [6.45, 7) is 0. The van der Waals surface area contributed by atoms with Gasteiger partial charge in [-0.1, -0.05) is 18.2 Å². The van der Waals surface area contributed by atoms with Gasteiger partial charge in [-0.05, 0) is 60.7 Å². The predicted octanol–water partition coefficient (Wildman–Crippen LogP) is 7.45. The number of oxazole rings is 2. The quantitative estimate of drug-likeness (QED) is 0.189. The van der Waals surface area contributed by atoms with E-state index in [4.69, 9.17) is 8.83 Å². The van der Waals surface area contributed by atoms with Crippen LogP contribution in [0.5, 0.6) is 0 Å². The van der Waals surface area contributed by atoms with Crippen molar-refractivity contribution in [3.63, 3.8) is 0 Å². The third kappa shape index (κ3) is 5.44. The van der Waals surface area contributed by atoms with Gasteiger partial charge in [0.05, 0.1) is 12.4 Å². The van der Waals surface area contributed by atoms with Crippen LogP contribution in [-0.2, 0) is 14.1 Å². The highest BCUT2D eigenvalue weighted by Gasteiger charge is 2.16. The fraction of sp³-hybridized carbons (Fsp3) is 0.0556. The van der Waals surface area contributed by atoms with Crippen LogP contribution in [0.2, 0.25) is 0 Å². The van der Waals surface area contributed by atoms with E-state index in [2.05, 4.69) is 51.3 Å². The molecule has 0 aliphatic rings. The molecule has 7 nitrogen and oxygen atoms in total. The zero-order chi connectivity index (χ0) is 29.2. The van der Waals surface area contributed by atoms with Gasteiger partial charge in [0.1, 0.15) is 14.1 Å². The van der Waals surface area contributed by atoms with Crippen LogP contribution in [0.1, 0.15) is 0 Å². The Bertz CT molecular complexity index is 1830. The first-order valence-electron chi connectivity index (χ1n) is 14.0. The molecule has 0 aliphatic heterocycles. The Labute approximate surface area is 249 Å². The predicted molar refractivity (Wildman–Crippen MR) is 165 cm³/mol. The second kappa shape index (κ2) is 11.2. The molecule has 0 fully saturated rings. The highest BCUT2D eigenvalue weighted by molar-refractivity contribution is 5.78. The molecule has 0 radical (unpaired) electrons. The van der Waals surface area contributed by atoms with Gasteiger partial charge in [0.25, 0.3) is 0 Å². The lowest BCUT2D eigenvalue weighted by Crippen LogP contribution is -2.25. The number of anilines is 3. The van der Waals surface area contributed by atoms with Crippen molar-refractivity contribution in [2.75, 3.05) is 4.90 Å². The van der Waals surface area contributed by atoms with E-state index < -0.39 is 0 Å². The molecule has 7 rings (SSSR count). The van der Waals surface area contributed by atoms with Crippen molar-refractivity contribution in [2.45, 2.75) is 0 Å². The SMILES string of the molecule is C[n+]1ccc(-c2cnc(-c3ccc(N(c4ccccc4)c4ccc(-c5ncc(-c6cc[n+](C)cc6)o5)cc4)cc3)o2)cc1. The third-order valence-electron chi connectivity index (χ3n) is 7.30. The summed E-state index contributed by atoms with van der Waals surface area (Å²) in [6.07, 6.45) is 11.5. The smallest absolute Gasteiger partial charge is 0.226 e. The summed E-state index contributed by atoms with van der Waals surface area (Å²) in [5, 5.41) is 0. The first kappa shape index (κ1) is 26.1. The van der Waals surface area contributed by atoms with Crippen molar-refractivity contribution in [1.29, 1.82) is 0 Å². The van der Waals surface area contributed by atoms with E-state index in [0.29, 0.717) is 11.8 Å². The number of benzene rings is 3. The summed E-state index contributed by atoms with van der Waals surface area (Å²) in [6, 6.07) is 34.9. The van der Waals surface area contributed by atoms with Crippen LogP contribution >= 0.6 is 0 Å². The molecule has 4 aromatic heterocycles. The number of pyridine rings is 2. The fourth-order valence-electron chi connectivity index (χ4n) is 4.94. The monoisotopic (exact) mass is 563 g/mol. The molecule has 7 heteroatoms. The maximum atomic E-state index is 6.11. The van der Waals surface area contributed by atoms with Gasteiger partial charge in [0.15, 0.2) is 36.3 Å². The fourth-order valence-corrected chi connectivity index (χ4v) is 4.94. The van der Waals surface area contributed by atoms with Crippen molar-refractivity contribution in [2.24, 2.45) is 14.1 Å². The summed E-state index contributed by atoms with van der Waals surface area (Å²) in [4.78, 5) is 11.3. The molecule has 43 heavy (non-hydrogen) atoms. The first-order valence-corrected chi connectivity index (χ1v) is 14.0. The van der Waals surface area contributed by atoms with Crippen LogP contribution in [0.4, 0.5) is 17.1 Å². The molecule has 0 saturated heterocycles. The Balaban J connectivity index is 1.16. The summed E-state index contributed by atoms with van der Waals surface area (Å²) in [5.74, 6) is 2.64. The van der Waals surface area contributed by atoms with E-state index in [1.807, 2.05) is 115 Å². The molecule has 7 aromatic rings. The van der Waals surface area contributed by atoms with E-state index in [-0.39, 0.29) is 0 Å². The van der Waals surface area contributed by atoms with Gasteiger partial charge in [-0.3, -0.25) is 0 Å². The van der Waals surface area contributed by atoms with Crippen molar-refractivity contribution in [1.82, 2.24) is 9.97 Å². The minimum absolute atomic E-state index is 0.583. The molecule has 0 spiro atoms. The summed E-state index contributed by atoms with van der Waals surface area (Å²) in [5.41, 5.74) is 6.87. The van der Waals surface area contributed by atoms with Crippen LogP contribution in [0.25, 0.3) is 45.6 Å². The molecule has 0 aliphatic carbocycles. The lowest BCUT2D eigenvalue weighted by atomic mass is 10.1. The molecule has 208 valence electrons. The Morgan fingerprint density at radius 3 is 1.28 bits per heavy atom. The molecule has 0 amide bonds. The Morgan fingerprint density at radius 2 is 0.860 bits per heavy atom. The van der Waals surface area contributed by atoms with Crippen molar-refractivity contribution in [3.05, 3.63) is 140 Å². The minimum atomic E-state index is 0.583. The van der Waals surface area contributed by atoms with Gasteiger partial charge in [-0.2, -0.15) is 0 Å². The Kier molecular flexibility index (Phi) is 6.81. The van der Waals surface area contributed by atoms with Gasteiger partial charge >= 0.3 is 0 Å². The van der Waals surface area contributed by atoms with E-state index >= 15 is 0 Å². The number of hydrogen-bond donors (Lipinski definition) is 0. The van der Waals surface area contributed by atoms with Gasteiger partial charge in [-0.15, -0.1) is 0 Å². The molecule has 4 heterocycles. The summed E-state index contributed by atoms with van der Waals surface area (Å²) < 4.78 is 16.2. The van der Waals surface area contributed by atoms with Crippen LogP contribution in [0, 0.1) is 0 Å². The van der Waals surface area contributed by atoms with Crippen molar-refractivity contribution >= 4 is 17.1 Å². The lowest BCUT2D eigenvalue weighted by Gasteiger charge is -2.25. The standard InChI is InChI=1S/C36H29N5O2/c1-39-20-16-26(17-21-39)33-24-37-35(42-33)28-8-12-31(13-9-28)41(30-6-4-3-5-7-30)32-14-10-29(11-15-32)36-38-25-34(43-36)27-18-22-40(2)23-19-27/h3-25H,1-2H3/q+2. The normalized spacial score (nSPS) is 11.0. The number of aryl methyl sites for hydroxylation is 2. The minimum Gasteiger partial charge on any atom is -0.436 e. The average molecular weight is 564 g/mol. The number of aromatic nitrogens is 4. The number of nitrogens with zero attached hydrogens (tertiary/aromatic N) is 5. The van der Waals surface area contributed by atoms with Crippen LogP contribution in [-0.4, -0.2) is 9.97 Å². The molecular formula is C36H29N5O2+2. The largest absolute Gasteiger partial charge is 0.436 e. The molecule has 0 bridgehead atoms. The lowest BCUT2D eigenvalue weighted by molar-refractivity contribution is -0.671. The number of rotatable bonds is 7. The molecule has 0 N–H and O–H groups in total. The Hall–Kier alpha value is -5.82. The molecule has 3 aromatic carbocycles. The maximum Gasteiger partial charge on any atom is 0.226 e. The molecule has 0 atom stereocenters. The maximum absolute atomic E-state index is 6.11. The average Bonchev–Trinajstić information content (AvgIpc) is 3.75. The summed E-state index contributed by atoms with van der Waals surface area (Å²) in [7, 11) is 3.98. The van der Waals surface area contributed by atoms with Crippen LogP contribution in [0.15, 0.2) is 149 Å². The van der Waals surface area contributed by atoms with Crippen LogP contribution in [0.3, 0.4) is 0 Å². The molecular weight excluding hydrogens is 534 g/mol. The van der Waals surface area contributed by atoms with Gasteiger partial charge in [-0.25, -0.2) is 19.1 Å². The van der Waals surface area contributed by atoms with Crippen LogP contribution < -0.4 is 14.0 Å². The van der Waals surface area contributed by atoms with Gasteiger partial charge < -0.3 is 13.7 Å². The van der Waals surface area contributed by atoms with E-state index in [1.165, 1.54) is 0 Å². The summed E-state index contributed by atoms with van der Waals surface area (Å²) >= 11 is 0. The van der Waals surface area contributed by atoms with Crippen molar-refractivity contribution < 1.29 is 18.0 Å². The topological polar surface area (TPSA) is 63.1 Å². The van der Waals surface area contributed by atoms with E-state index in [9.17, 15) is 0 Å². The second-order valence-corrected chi connectivity index (χ2v) is 10.3. The van der Waals surface area contributed by atoms with Gasteiger partial charge in [0.2, 0.25) is 11.8 Å². The zero-order valence-electron chi connectivity index (χ0n) is 23.8. The molecule has 0 saturated carbocycles. The van der Waals surface area contributed by atoms with Crippen molar-refractivity contribution in [3.8, 4) is 45.6 Å². The number of hydrogen-bond acceptors (Lipinski definition) is 5. The number of para-hydroxylation sites is 1. The van der Waals surface area contributed by atoms with Gasteiger partial charge in [0, 0.05) is 63.6 Å². The highest BCUT2D eigenvalue weighted by Crippen LogP contribution is 2.37. The highest BCUT2D eigenvalue weighted by atomic mass is 16.4.